The van der Waals surface area contributed by atoms with Crippen LogP contribution in [0, 0.1) is 0 Å². The van der Waals surface area contributed by atoms with Gasteiger partial charge in [-0.1, -0.05) is 11.6 Å². The predicted octanol–water partition coefficient (Wildman–Crippen LogP) is 4.10. The van der Waals surface area contributed by atoms with Crippen molar-refractivity contribution in [2.75, 3.05) is 11.9 Å². The van der Waals surface area contributed by atoms with Crippen LogP contribution in [0.25, 0.3) is 10.9 Å². The first kappa shape index (κ1) is 19.6. The number of ether oxygens (including phenoxy) is 1. The molecule has 7 heteroatoms. The summed E-state index contributed by atoms with van der Waals surface area (Å²) in [6.07, 6.45) is 1.51. The van der Waals surface area contributed by atoms with Crippen molar-refractivity contribution in [1.82, 2.24) is 4.57 Å². The van der Waals surface area contributed by atoms with Gasteiger partial charge in [0.05, 0.1) is 12.1 Å². The first-order valence-corrected chi connectivity index (χ1v) is 9.23. The molecule has 0 fully saturated rings. The second-order valence-electron chi connectivity index (χ2n) is 6.07. The van der Waals surface area contributed by atoms with Crippen molar-refractivity contribution in [1.29, 1.82) is 0 Å². The summed E-state index contributed by atoms with van der Waals surface area (Å²) in [5.41, 5.74) is 1.10. The first-order valence-electron chi connectivity index (χ1n) is 8.85. The lowest BCUT2D eigenvalue weighted by molar-refractivity contribution is 0.0524. The fourth-order valence-corrected chi connectivity index (χ4v) is 3.02. The van der Waals surface area contributed by atoms with Gasteiger partial charge in [-0.25, -0.2) is 4.79 Å². The molecule has 28 heavy (non-hydrogen) atoms. The van der Waals surface area contributed by atoms with Crippen LogP contribution in [0.15, 0.2) is 53.5 Å². The number of anilines is 1. The van der Waals surface area contributed by atoms with E-state index in [1.165, 1.54) is 6.20 Å². The molecule has 0 unspecified atom stereocenters. The number of hydrogen-bond acceptors (Lipinski definition) is 4. The van der Waals surface area contributed by atoms with Crippen molar-refractivity contribution in [3.05, 3.63) is 75.0 Å². The fraction of sp³-hybridized carbons (Fsp3) is 0.190. The van der Waals surface area contributed by atoms with Crippen molar-refractivity contribution >= 4 is 40.1 Å². The fourth-order valence-electron chi connectivity index (χ4n) is 2.90. The number of carbonyl (C=O) groups is 2. The van der Waals surface area contributed by atoms with E-state index in [-0.39, 0.29) is 18.1 Å². The summed E-state index contributed by atoms with van der Waals surface area (Å²) in [5.74, 6) is -0.986. The minimum atomic E-state index is -0.660. The number of aromatic nitrogens is 1. The zero-order valence-corrected chi connectivity index (χ0v) is 16.2. The second kappa shape index (κ2) is 8.27. The Bertz CT molecular complexity index is 1100. The number of nitrogens with one attached hydrogen (secondary N) is 1. The van der Waals surface area contributed by atoms with Gasteiger partial charge in [0.2, 0.25) is 5.43 Å². The number of halogens is 1. The van der Waals surface area contributed by atoms with Gasteiger partial charge in [0.25, 0.3) is 5.91 Å². The number of benzene rings is 2. The number of fused-ring (bicyclic) bond motifs is 1. The Morgan fingerprint density at radius 1 is 1.11 bits per heavy atom. The highest BCUT2D eigenvalue weighted by molar-refractivity contribution is 6.30. The third kappa shape index (κ3) is 3.92. The SMILES string of the molecule is CCOC(=O)c1cn(CC)c2ccc(NC(=O)c3ccc(Cl)cc3)cc2c1=O. The molecule has 0 saturated carbocycles. The monoisotopic (exact) mass is 398 g/mol. The average molecular weight is 399 g/mol. The standard InChI is InChI=1S/C21H19ClN2O4/c1-3-24-12-17(21(27)28-4-2)19(25)16-11-15(9-10-18(16)24)23-20(26)13-5-7-14(22)8-6-13/h5-12H,3-4H2,1-2H3,(H,23,26). The van der Waals surface area contributed by atoms with Crippen LogP contribution < -0.4 is 10.7 Å². The van der Waals surface area contributed by atoms with Crippen molar-refractivity contribution < 1.29 is 14.3 Å². The Morgan fingerprint density at radius 2 is 1.82 bits per heavy atom. The molecular weight excluding hydrogens is 380 g/mol. The highest BCUT2D eigenvalue weighted by atomic mass is 35.5. The molecule has 2 aromatic carbocycles. The van der Waals surface area contributed by atoms with Gasteiger partial charge in [0.15, 0.2) is 0 Å². The van der Waals surface area contributed by atoms with Crippen molar-refractivity contribution in [2.24, 2.45) is 0 Å². The van der Waals surface area contributed by atoms with Crippen LogP contribution in [-0.4, -0.2) is 23.1 Å². The van der Waals surface area contributed by atoms with Gasteiger partial charge in [-0.2, -0.15) is 0 Å². The summed E-state index contributed by atoms with van der Waals surface area (Å²) in [5, 5.41) is 3.63. The van der Waals surface area contributed by atoms with Crippen LogP contribution in [0.3, 0.4) is 0 Å². The highest BCUT2D eigenvalue weighted by Crippen LogP contribution is 2.19. The molecule has 1 amide bonds. The number of aryl methyl sites for hydroxylation is 1. The molecule has 0 spiro atoms. The number of carbonyl (C=O) groups excluding carboxylic acids is 2. The zero-order chi connectivity index (χ0) is 20.3. The number of esters is 1. The van der Waals surface area contributed by atoms with E-state index < -0.39 is 11.4 Å². The smallest absolute Gasteiger partial charge is 0.343 e. The number of rotatable bonds is 5. The lowest BCUT2D eigenvalue weighted by atomic mass is 10.1. The Kier molecular flexibility index (Phi) is 5.80. The van der Waals surface area contributed by atoms with Crippen molar-refractivity contribution in [2.45, 2.75) is 20.4 Å². The molecule has 6 nitrogen and oxygen atoms in total. The minimum Gasteiger partial charge on any atom is -0.462 e. The number of pyridine rings is 1. The van der Waals surface area contributed by atoms with Crippen LogP contribution in [0.5, 0.6) is 0 Å². The van der Waals surface area contributed by atoms with Gasteiger partial charge in [0.1, 0.15) is 5.56 Å². The molecule has 0 saturated heterocycles. The quantitative estimate of drug-likeness (QED) is 0.656. The van der Waals surface area contributed by atoms with E-state index in [0.29, 0.717) is 33.7 Å². The minimum absolute atomic E-state index is 0.0302. The molecule has 1 aromatic heterocycles. The topological polar surface area (TPSA) is 77.4 Å². The van der Waals surface area contributed by atoms with Gasteiger partial charge >= 0.3 is 5.97 Å². The second-order valence-corrected chi connectivity index (χ2v) is 6.51. The van der Waals surface area contributed by atoms with Gasteiger partial charge in [0, 0.05) is 34.4 Å². The molecule has 3 aromatic rings. The highest BCUT2D eigenvalue weighted by Gasteiger charge is 2.17. The van der Waals surface area contributed by atoms with Crippen LogP contribution >= 0.6 is 11.6 Å². The van der Waals surface area contributed by atoms with Crippen LogP contribution in [0.1, 0.15) is 34.6 Å². The molecule has 0 bridgehead atoms. The molecule has 0 aliphatic rings. The maximum atomic E-state index is 12.8. The van der Waals surface area contributed by atoms with Gasteiger partial charge in [-0.15, -0.1) is 0 Å². The Hall–Kier alpha value is -3.12. The summed E-state index contributed by atoms with van der Waals surface area (Å²) in [6, 6.07) is 11.5. The summed E-state index contributed by atoms with van der Waals surface area (Å²) in [7, 11) is 0. The van der Waals surface area contributed by atoms with E-state index in [4.69, 9.17) is 16.3 Å². The van der Waals surface area contributed by atoms with E-state index in [2.05, 4.69) is 5.32 Å². The summed E-state index contributed by atoms with van der Waals surface area (Å²) < 4.78 is 6.79. The molecule has 1 heterocycles. The number of amides is 1. The molecule has 1 N–H and O–H groups in total. The predicted molar refractivity (Wildman–Crippen MR) is 109 cm³/mol. The van der Waals surface area contributed by atoms with Crippen LogP contribution in [0.2, 0.25) is 5.02 Å². The van der Waals surface area contributed by atoms with E-state index in [1.54, 1.807) is 54.0 Å². The first-order chi connectivity index (χ1) is 13.4. The Balaban J connectivity index is 2.02. The third-order valence-corrected chi connectivity index (χ3v) is 4.53. The maximum absolute atomic E-state index is 12.8. The van der Waals surface area contributed by atoms with E-state index in [9.17, 15) is 14.4 Å². The molecule has 0 aliphatic carbocycles. The third-order valence-electron chi connectivity index (χ3n) is 4.28. The Labute approximate surface area is 166 Å². The van der Waals surface area contributed by atoms with Crippen LogP contribution in [0.4, 0.5) is 5.69 Å². The summed E-state index contributed by atoms with van der Waals surface area (Å²) >= 11 is 5.84. The van der Waals surface area contributed by atoms with Gasteiger partial charge < -0.3 is 14.6 Å². The van der Waals surface area contributed by atoms with Crippen molar-refractivity contribution in [3.8, 4) is 0 Å². The molecular formula is C21H19ClN2O4. The average Bonchev–Trinajstić information content (AvgIpc) is 2.69. The zero-order valence-electron chi connectivity index (χ0n) is 15.5. The van der Waals surface area contributed by atoms with E-state index >= 15 is 0 Å². The Morgan fingerprint density at radius 3 is 2.46 bits per heavy atom. The molecule has 3 rings (SSSR count). The molecule has 0 radical (unpaired) electrons. The summed E-state index contributed by atoms with van der Waals surface area (Å²) in [4.78, 5) is 37.4. The van der Waals surface area contributed by atoms with E-state index in [0.717, 1.165) is 0 Å². The normalized spacial score (nSPS) is 10.7. The summed E-state index contributed by atoms with van der Waals surface area (Å²) in [6.45, 7) is 4.34. The molecule has 0 atom stereocenters. The van der Waals surface area contributed by atoms with Gasteiger partial charge in [-0.3, -0.25) is 9.59 Å². The lowest BCUT2D eigenvalue weighted by Gasteiger charge is -2.13. The number of nitrogens with zero attached hydrogens (tertiary/aromatic N) is 1. The van der Waals surface area contributed by atoms with Crippen LogP contribution in [-0.2, 0) is 11.3 Å². The molecule has 144 valence electrons. The van der Waals surface area contributed by atoms with Crippen molar-refractivity contribution in [3.63, 3.8) is 0 Å². The lowest BCUT2D eigenvalue weighted by Crippen LogP contribution is -2.21. The number of hydrogen-bond donors (Lipinski definition) is 1. The van der Waals surface area contributed by atoms with Gasteiger partial charge in [-0.05, 0) is 56.3 Å². The maximum Gasteiger partial charge on any atom is 0.343 e. The largest absolute Gasteiger partial charge is 0.462 e. The van der Waals surface area contributed by atoms with E-state index in [1.807, 2.05) is 6.92 Å². The molecule has 0 aliphatic heterocycles.